The van der Waals surface area contributed by atoms with Crippen LogP contribution in [0.3, 0.4) is 0 Å². The molecule has 17 heavy (non-hydrogen) atoms. The smallest absolute Gasteiger partial charge is 0.292 e. The number of Topliss-reactive ketones (excluding diaryl/α,β-unsaturated/α-hetero) is 1. The monoisotopic (exact) mass is 264 g/mol. The van der Waals surface area contributed by atoms with E-state index in [1.165, 1.54) is 12.1 Å². The maximum absolute atomic E-state index is 12.3. The van der Waals surface area contributed by atoms with E-state index in [4.69, 9.17) is 11.6 Å². The Bertz CT molecular complexity index is 432. The van der Waals surface area contributed by atoms with E-state index in [0.29, 0.717) is 0 Å². The van der Waals surface area contributed by atoms with Crippen molar-refractivity contribution in [1.29, 1.82) is 0 Å². The number of alkyl halides is 4. The van der Waals surface area contributed by atoms with Crippen molar-refractivity contribution in [2.24, 2.45) is 5.10 Å². The summed E-state index contributed by atoms with van der Waals surface area (Å²) in [6.45, 7) is 0. The summed E-state index contributed by atoms with van der Waals surface area (Å²) in [5.74, 6) is -0.667. The van der Waals surface area contributed by atoms with Crippen LogP contribution >= 0.6 is 11.6 Å². The molecule has 1 rings (SSSR count). The number of hydrogen-bond acceptors (Lipinski definition) is 3. The van der Waals surface area contributed by atoms with Crippen molar-refractivity contribution >= 4 is 29.3 Å². The fourth-order valence-electron chi connectivity index (χ4n) is 0.978. The minimum atomic E-state index is -4.41. The van der Waals surface area contributed by atoms with Crippen molar-refractivity contribution < 1.29 is 18.0 Å². The quantitative estimate of drug-likeness (QED) is 0.516. The molecule has 0 saturated carbocycles. The van der Waals surface area contributed by atoms with E-state index in [-0.39, 0.29) is 11.6 Å². The second kappa shape index (κ2) is 5.67. The molecular weight excluding hydrogens is 257 g/mol. The lowest BCUT2D eigenvalue weighted by molar-refractivity contribution is -0.137. The Morgan fingerprint density at radius 2 is 2.18 bits per heavy atom. The standard InChI is InChI=1S/C10H8ClF3N2O/c11-5-9(17)6-15-16-8-3-1-2-7(4-8)10(12,13)14/h1-4,6,16H,5H2/b15-6-. The van der Waals surface area contributed by atoms with E-state index in [2.05, 4.69) is 10.5 Å². The average Bonchev–Trinajstić information content (AvgIpc) is 2.28. The molecule has 0 bridgehead atoms. The first kappa shape index (κ1) is 13.5. The summed E-state index contributed by atoms with van der Waals surface area (Å²) in [6.07, 6.45) is -3.50. The molecule has 0 radical (unpaired) electrons. The van der Waals surface area contributed by atoms with E-state index < -0.39 is 17.5 Å². The van der Waals surface area contributed by atoms with Crippen molar-refractivity contribution in [2.75, 3.05) is 11.3 Å². The highest BCUT2D eigenvalue weighted by Gasteiger charge is 2.30. The number of benzene rings is 1. The molecule has 1 N–H and O–H groups in total. The predicted octanol–water partition coefficient (Wildman–Crippen LogP) is 2.91. The normalized spacial score (nSPS) is 11.8. The molecule has 0 atom stereocenters. The van der Waals surface area contributed by atoms with Crippen LogP contribution < -0.4 is 5.43 Å². The largest absolute Gasteiger partial charge is 0.416 e. The number of anilines is 1. The van der Waals surface area contributed by atoms with Gasteiger partial charge in [-0.3, -0.25) is 10.2 Å². The molecule has 0 aliphatic rings. The highest BCUT2D eigenvalue weighted by Crippen LogP contribution is 2.30. The Morgan fingerprint density at radius 3 is 2.76 bits per heavy atom. The van der Waals surface area contributed by atoms with Gasteiger partial charge in [0.1, 0.15) is 0 Å². The van der Waals surface area contributed by atoms with Crippen LogP contribution in [0.5, 0.6) is 0 Å². The van der Waals surface area contributed by atoms with Crippen LogP contribution in [0.1, 0.15) is 5.56 Å². The van der Waals surface area contributed by atoms with Gasteiger partial charge in [-0.1, -0.05) is 6.07 Å². The Kier molecular flexibility index (Phi) is 4.51. The SMILES string of the molecule is O=C(/C=N\Nc1cccc(C(F)(F)F)c1)CCl. The van der Waals surface area contributed by atoms with E-state index >= 15 is 0 Å². The van der Waals surface area contributed by atoms with Crippen molar-refractivity contribution in [3.8, 4) is 0 Å². The van der Waals surface area contributed by atoms with Crippen LogP contribution in [0, 0.1) is 0 Å². The summed E-state index contributed by atoms with van der Waals surface area (Å²) < 4.78 is 37.0. The summed E-state index contributed by atoms with van der Waals surface area (Å²) in [4.78, 5) is 10.7. The molecule has 0 spiro atoms. The Balaban J connectivity index is 2.73. The number of ketones is 1. The number of rotatable bonds is 4. The highest BCUT2D eigenvalue weighted by atomic mass is 35.5. The van der Waals surface area contributed by atoms with Gasteiger partial charge in [-0.05, 0) is 18.2 Å². The van der Waals surface area contributed by atoms with Gasteiger partial charge in [0.25, 0.3) is 0 Å². The van der Waals surface area contributed by atoms with Gasteiger partial charge >= 0.3 is 6.18 Å². The fourth-order valence-corrected chi connectivity index (χ4v) is 1.05. The van der Waals surface area contributed by atoms with Crippen molar-refractivity contribution in [3.05, 3.63) is 29.8 Å². The molecule has 1 aromatic carbocycles. The molecule has 0 amide bonds. The predicted molar refractivity (Wildman–Crippen MR) is 59.3 cm³/mol. The Morgan fingerprint density at radius 1 is 1.47 bits per heavy atom. The lowest BCUT2D eigenvalue weighted by Gasteiger charge is -2.07. The van der Waals surface area contributed by atoms with Gasteiger partial charge in [-0.25, -0.2) is 0 Å². The topological polar surface area (TPSA) is 41.5 Å². The van der Waals surface area contributed by atoms with Crippen LogP contribution in [0.4, 0.5) is 18.9 Å². The molecule has 0 aliphatic carbocycles. The molecule has 0 aliphatic heterocycles. The van der Waals surface area contributed by atoms with Crippen LogP contribution in [-0.2, 0) is 11.0 Å². The fraction of sp³-hybridized carbons (Fsp3) is 0.200. The summed E-state index contributed by atoms with van der Waals surface area (Å²) in [6, 6.07) is 4.48. The minimum absolute atomic E-state index is 0.137. The summed E-state index contributed by atoms with van der Waals surface area (Å²) in [5.41, 5.74) is 1.66. The highest BCUT2D eigenvalue weighted by molar-refractivity contribution is 6.41. The number of hydrazone groups is 1. The first-order chi connectivity index (χ1) is 7.93. The molecule has 0 aromatic heterocycles. The molecule has 0 unspecified atom stereocenters. The number of hydrogen-bond donors (Lipinski definition) is 1. The number of halogens is 4. The maximum atomic E-state index is 12.3. The van der Waals surface area contributed by atoms with Crippen LogP contribution in [-0.4, -0.2) is 17.9 Å². The summed E-state index contributed by atoms with van der Waals surface area (Å²) >= 11 is 5.20. The van der Waals surface area contributed by atoms with Crippen molar-refractivity contribution in [1.82, 2.24) is 0 Å². The molecule has 3 nitrogen and oxygen atoms in total. The van der Waals surface area contributed by atoms with Gasteiger partial charge in [0.2, 0.25) is 0 Å². The van der Waals surface area contributed by atoms with Gasteiger partial charge in [-0.15, -0.1) is 11.6 Å². The zero-order valence-electron chi connectivity index (χ0n) is 8.46. The van der Waals surface area contributed by atoms with Crippen molar-refractivity contribution in [2.45, 2.75) is 6.18 Å². The third kappa shape index (κ3) is 4.44. The number of nitrogens with zero attached hydrogens (tertiary/aromatic N) is 1. The first-order valence-electron chi connectivity index (χ1n) is 4.48. The zero-order chi connectivity index (χ0) is 12.9. The van der Waals surface area contributed by atoms with E-state index in [9.17, 15) is 18.0 Å². The number of nitrogens with one attached hydrogen (secondary N) is 1. The lowest BCUT2D eigenvalue weighted by Crippen LogP contribution is -2.06. The lowest BCUT2D eigenvalue weighted by atomic mass is 10.2. The Labute approximate surface area is 100 Å². The second-order valence-electron chi connectivity index (χ2n) is 3.05. The minimum Gasteiger partial charge on any atom is -0.292 e. The Hall–Kier alpha value is -1.56. The van der Waals surface area contributed by atoms with Gasteiger partial charge in [-0.2, -0.15) is 18.3 Å². The second-order valence-corrected chi connectivity index (χ2v) is 3.32. The third-order valence-corrected chi connectivity index (χ3v) is 1.99. The number of carbonyl (C=O) groups excluding carboxylic acids is 1. The summed E-state index contributed by atoms with van der Waals surface area (Å²) in [7, 11) is 0. The van der Waals surface area contributed by atoms with Crippen LogP contribution in [0.15, 0.2) is 29.4 Å². The van der Waals surface area contributed by atoms with E-state index in [0.717, 1.165) is 18.3 Å². The molecule has 92 valence electrons. The van der Waals surface area contributed by atoms with E-state index in [1.807, 2.05) is 0 Å². The van der Waals surface area contributed by atoms with E-state index in [1.54, 1.807) is 0 Å². The molecule has 0 fully saturated rings. The third-order valence-electron chi connectivity index (χ3n) is 1.72. The van der Waals surface area contributed by atoms with Gasteiger partial charge in [0.15, 0.2) is 5.78 Å². The van der Waals surface area contributed by atoms with Gasteiger partial charge < -0.3 is 0 Å². The maximum Gasteiger partial charge on any atom is 0.416 e. The molecule has 0 saturated heterocycles. The number of carbonyl (C=O) groups is 1. The van der Waals surface area contributed by atoms with Crippen LogP contribution in [0.2, 0.25) is 0 Å². The molecular formula is C10H8ClF3N2O. The zero-order valence-corrected chi connectivity index (χ0v) is 9.22. The van der Waals surface area contributed by atoms with Gasteiger partial charge in [0, 0.05) is 0 Å². The van der Waals surface area contributed by atoms with Gasteiger partial charge in [0.05, 0.1) is 23.3 Å². The molecule has 0 heterocycles. The van der Waals surface area contributed by atoms with Crippen molar-refractivity contribution in [3.63, 3.8) is 0 Å². The first-order valence-corrected chi connectivity index (χ1v) is 5.02. The summed E-state index contributed by atoms with van der Waals surface area (Å²) in [5, 5.41) is 3.46. The molecule has 1 aromatic rings. The van der Waals surface area contributed by atoms with Crippen LogP contribution in [0.25, 0.3) is 0 Å². The average molecular weight is 265 g/mol. The molecule has 7 heteroatoms.